The van der Waals surface area contributed by atoms with Crippen LogP contribution in [0.5, 0.6) is 0 Å². The highest BCUT2D eigenvalue weighted by Crippen LogP contribution is 2.30. The van der Waals surface area contributed by atoms with Crippen molar-refractivity contribution in [1.82, 2.24) is 14.5 Å². The van der Waals surface area contributed by atoms with Crippen LogP contribution >= 0.6 is 0 Å². The number of halogens is 1. The molecule has 0 spiro atoms. The van der Waals surface area contributed by atoms with Gasteiger partial charge in [0.05, 0.1) is 10.9 Å². The molecule has 0 aliphatic rings. The fraction of sp³-hybridized carbons (Fsp3) is 0.333. The second-order valence-corrected chi connectivity index (χ2v) is 5.85. The summed E-state index contributed by atoms with van der Waals surface area (Å²) in [5, 5.41) is 3.83. The quantitative estimate of drug-likeness (QED) is 0.740. The summed E-state index contributed by atoms with van der Waals surface area (Å²) in [7, 11) is 0. The molecular weight excluding hydrogens is 291 g/mol. The standard InChI is InChI=1S/C18H21FN4/c1-4-5-8-23-11-14(19)16-15(23)6-7-21-18(16)22-17-12(2)9-20-10-13(17)3/h6-7,9-11H,4-5,8H2,1-3H3,(H,20,21,22). The summed E-state index contributed by atoms with van der Waals surface area (Å²) in [6.07, 6.45) is 8.97. The molecule has 0 saturated heterocycles. The summed E-state index contributed by atoms with van der Waals surface area (Å²) in [6, 6.07) is 1.87. The first-order chi connectivity index (χ1) is 11.1. The first-order valence-electron chi connectivity index (χ1n) is 7.93. The van der Waals surface area contributed by atoms with Crippen molar-refractivity contribution >= 4 is 22.4 Å². The SMILES string of the molecule is CCCCn1cc(F)c2c(Nc3c(C)cncc3C)nccc21. The molecule has 3 aromatic rings. The topological polar surface area (TPSA) is 42.7 Å². The van der Waals surface area contributed by atoms with Gasteiger partial charge in [-0.3, -0.25) is 4.98 Å². The van der Waals surface area contributed by atoms with E-state index in [4.69, 9.17) is 0 Å². The summed E-state index contributed by atoms with van der Waals surface area (Å²) < 4.78 is 16.5. The van der Waals surface area contributed by atoms with Crippen molar-refractivity contribution in [2.24, 2.45) is 0 Å². The highest BCUT2D eigenvalue weighted by atomic mass is 19.1. The number of nitrogens with zero attached hydrogens (tertiary/aromatic N) is 3. The minimum atomic E-state index is -0.240. The molecule has 4 nitrogen and oxygen atoms in total. The third-order valence-electron chi connectivity index (χ3n) is 4.07. The zero-order valence-corrected chi connectivity index (χ0v) is 13.7. The molecule has 0 amide bonds. The molecule has 23 heavy (non-hydrogen) atoms. The highest BCUT2D eigenvalue weighted by Gasteiger charge is 2.14. The number of fused-ring (bicyclic) bond motifs is 1. The van der Waals surface area contributed by atoms with Gasteiger partial charge in [0.15, 0.2) is 5.82 Å². The Bertz CT molecular complexity index is 818. The Kier molecular flexibility index (Phi) is 4.28. The molecule has 0 saturated carbocycles. The van der Waals surface area contributed by atoms with Crippen molar-refractivity contribution < 1.29 is 4.39 Å². The Morgan fingerprint density at radius 1 is 1.22 bits per heavy atom. The van der Waals surface area contributed by atoms with Crippen LogP contribution < -0.4 is 5.32 Å². The van der Waals surface area contributed by atoms with Gasteiger partial charge in [0.1, 0.15) is 5.82 Å². The number of nitrogens with one attached hydrogen (secondary N) is 1. The van der Waals surface area contributed by atoms with Gasteiger partial charge in [0.2, 0.25) is 0 Å². The van der Waals surface area contributed by atoms with Crippen LogP contribution in [-0.4, -0.2) is 14.5 Å². The molecule has 0 unspecified atom stereocenters. The van der Waals surface area contributed by atoms with Gasteiger partial charge in [-0.2, -0.15) is 0 Å². The summed E-state index contributed by atoms with van der Waals surface area (Å²) in [4.78, 5) is 8.52. The first-order valence-corrected chi connectivity index (χ1v) is 7.93. The molecule has 3 aromatic heterocycles. The van der Waals surface area contributed by atoms with Crippen molar-refractivity contribution in [1.29, 1.82) is 0 Å². The number of unbranched alkanes of at least 4 members (excludes halogenated alkanes) is 1. The molecule has 1 N–H and O–H groups in total. The van der Waals surface area contributed by atoms with Crippen LogP contribution in [0.3, 0.4) is 0 Å². The zero-order valence-electron chi connectivity index (χ0n) is 13.7. The summed E-state index contributed by atoms with van der Waals surface area (Å²) >= 11 is 0. The van der Waals surface area contributed by atoms with Crippen LogP contribution in [-0.2, 0) is 6.54 Å². The van der Waals surface area contributed by atoms with Gasteiger partial charge in [0, 0.05) is 37.0 Å². The van der Waals surface area contributed by atoms with E-state index in [1.807, 2.05) is 24.5 Å². The van der Waals surface area contributed by atoms with Crippen molar-refractivity contribution in [3.63, 3.8) is 0 Å². The van der Waals surface area contributed by atoms with E-state index in [1.54, 1.807) is 24.8 Å². The molecule has 3 rings (SSSR count). The second-order valence-electron chi connectivity index (χ2n) is 5.85. The number of anilines is 2. The minimum Gasteiger partial charge on any atom is -0.344 e. The number of pyridine rings is 2. The average Bonchev–Trinajstić information content (AvgIpc) is 2.86. The van der Waals surface area contributed by atoms with E-state index < -0.39 is 0 Å². The Labute approximate surface area is 135 Å². The number of rotatable bonds is 5. The lowest BCUT2D eigenvalue weighted by molar-refractivity contribution is 0.606. The predicted octanol–water partition coefficient (Wildman–Crippen LogP) is 4.73. The fourth-order valence-electron chi connectivity index (χ4n) is 2.82. The van der Waals surface area contributed by atoms with Gasteiger partial charge in [-0.25, -0.2) is 9.37 Å². The van der Waals surface area contributed by atoms with Crippen LogP contribution in [0.4, 0.5) is 15.9 Å². The van der Waals surface area contributed by atoms with Gasteiger partial charge >= 0.3 is 0 Å². The molecule has 0 fully saturated rings. The van der Waals surface area contributed by atoms with Gasteiger partial charge in [-0.05, 0) is 37.5 Å². The smallest absolute Gasteiger partial charge is 0.152 e. The van der Waals surface area contributed by atoms with E-state index in [9.17, 15) is 4.39 Å². The summed E-state index contributed by atoms with van der Waals surface area (Å²) in [5.41, 5.74) is 3.82. The van der Waals surface area contributed by atoms with Gasteiger partial charge in [-0.1, -0.05) is 13.3 Å². The predicted molar refractivity (Wildman–Crippen MR) is 91.6 cm³/mol. The van der Waals surface area contributed by atoms with Crippen LogP contribution in [0.1, 0.15) is 30.9 Å². The van der Waals surface area contributed by atoms with Gasteiger partial charge in [-0.15, -0.1) is 0 Å². The van der Waals surface area contributed by atoms with Crippen LogP contribution in [0.15, 0.2) is 30.9 Å². The highest BCUT2D eigenvalue weighted by molar-refractivity contribution is 5.92. The van der Waals surface area contributed by atoms with E-state index in [2.05, 4.69) is 22.2 Å². The number of aromatic nitrogens is 3. The molecule has 0 aromatic carbocycles. The van der Waals surface area contributed by atoms with Crippen LogP contribution in [0.25, 0.3) is 10.9 Å². The van der Waals surface area contributed by atoms with Crippen molar-refractivity contribution in [3.05, 3.63) is 47.8 Å². The molecule has 0 radical (unpaired) electrons. The van der Waals surface area contributed by atoms with Crippen molar-refractivity contribution in [2.45, 2.75) is 40.2 Å². The van der Waals surface area contributed by atoms with Crippen LogP contribution in [0.2, 0.25) is 0 Å². The van der Waals surface area contributed by atoms with Crippen molar-refractivity contribution in [2.75, 3.05) is 5.32 Å². The van der Waals surface area contributed by atoms with Crippen LogP contribution in [0, 0.1) is 19.7 Å². The third kappa shape index (κ3) is 2.91. The van der Waals surface area contributed by atoms with Gasteiger partial charge in [0.25, 0.3) is 0 Å². The first kappa shape index (κ1) is 15.5. The lowest BCUT2D eigenvalue weighted by Crippen LogP contribution is -2.00. The molecule has 0 atom stereocenters. The largest absolute Gasteiger partial charge is 0.344 e. The second kappa shape index (κ2) is 6.36. The van der Waals surface area contributed by atoms with E-state index >= 15 is 0 Å². The number of hydrogen-bond donors (Lipinski definition) is 1. The maximum atomic E-state index is 14.5. The molecule has 5 heteroatoms. The Morgan fingerprint density at radius 2 is 1.96 bits per heavy atom. The van der Waals surface area contributed by atoms with Crippen molar-refractivity contribution in [3.8, 4) is 0 Å². The monoisotopic (exact) mass is 312 g/mol. The number of hydrogen-bond acceptors (Lipinski definition) is 3. The maximum Gasteiger partial charge on any atom is 0.152 e. The third-order valence-corrected chi connectivity index (χ3v) is 4.07. The van der Waals surface area contributed by atoms with Gasteiger partial charge < -0.3 is 9.88 Å². The maximum absolute atomic E-state index is 14.5. The lowest BCUT2D eigenvalue weighted by Gasteiger charge is -2.12. The minimum absolute atomic E-state index is 0.240. The Balaban J connectivity index is 2.06. The van der Waals surface area contributed by atoms with E-state index in [1.165, 1.54) is 0 Å². The van der Waals surface area contributed by atoms with E-state index in [-0.39, 0.29) is 5.82 Å². The molecule has 0 aliphatic carbocycles. The lowest BCUT2D eigenvalue weighted by atomic mass is 10.1. The summed E-state index contributed by atoms with van der Waals surface area (Å²) in [6.45, 7) is 6.90. The Hall–Kier alpha value is -2.43. The van der Waals surface area contributed by atoms with E-state index in [0.29, 0.717) is 11.2 Å². The number of aryl methyl sites for hydroxylation is 3. The zero-order chi connectivity index (χ0) is 16.4. The molecule has 3 heterocycles. The molecular formula is C18H21FN4. The molecule has 0 aliphatic heterocycles. The normalized spacial score (nSPS) is 11.1. The molecule has 120 valence electrons. The summed E-state index contributed by atoms with van der Waals surface area (Å²) in [5.74, 6) is 0.309. The molecule has 0 bridgehead atoms. The fourth-order valence-corrected chi connectivity index (χ4v) is 2.82. The van der Waals surface area contributed by atoms with E-state index in [0.717, 1.165) is 41.7 Å². The average molecular weight is 312 g/mol. The Morgan fingerprint density at radius 3 is 2.65 bits per heavy atom.